The van der Waals surface area contributed by atoms with Crippen molar-refractivity contribution in [2.24, 2.45) is 0 Å². The molecule has 0 N–H and O–H groups in total. The predicted molar refractivity (Wildman–Crippen MR) is 133 cm³/mol. The van der Waals surface area contributed by atoms with Gasteiger partial charge in [0.2, 0.25) is 0 Å². The summed E-state index contributed by atoms with van der Waals surface area (Å²) in [7, 11) is 0. The third-order valence-electron chi connectivity index (χ3n) is 6.28. The highest BCUT2D eigenvalue weighted by Crippen LogP contribution is 2.46. The molecular formula is C28H31F6N3. The van der Waals surface area contributed by atoms with Gasteiger partial charge < -0.3 is 4.90 Å². The molecule has 2 aromatic heterocycles. The lowest BCUT2D eigenvalue weighted by Crippen LogP contribution is -2.31. The minimum atomic E-state index is -4.32. The number of aromatic nitrogens is 2. The van der Waals surface area contributed by atoms with Gasteiger partial charge in [-0.3, -0.25) is 9.97 Å². The Hall–Kier alpha value is -3.10. The summed E-state index contributed by atoms with van der Waals surface area (Å²) >= 11 is 0. The second-order valence-corrected chi connectivity index (χ2v) is 9.16. The summed E-state index contributed by atoms with van der Waals surface area (Å²) in [6, 6.07) is 10.2. The van der Waals surface area contributed by atoms with E-state index in [4.69, 9.17) is 0 Å². The molecule has 1 fully saturated rings. The van der Waals surface area contributed by atoms with E-state index in [-0.39, 0.29) is 6.04 Å². The highest BCUT2D eigenvalue weighted by Gasteiger charge is 2.33. The van der Waals surface area contributed by atoms with Gasteiger partial charge in [-0.05, 0) is 86.6 Å². The van der Waals surface area contributed by atoms with E-state index in [1.165, 1.54) is 36.6 Å². The third-order valence-corrected chi connectivity index (χ3v) is 6.28. The number of anilines is 2. The first-order valence-corrected chi connectivity index (χ1v) is 12.4. The number of halogens is 6. The van der Waals surface area contributed by atoms with Crippen molar-refractivity contribution in [2.45, 2.75) is 77.2 Å². The van der Waals surface area contributed by atoms with Gasteiger partial charge in [0, 0.05) is 29.8 Å². The van der Waals surface area contributed by atoms with E-state index >= 15 is 0 Å². The first-order chi connectivity index (χ1) is 17.5. The van der Waals surface area contributed by atoms with Crippen molar-refractivity contribution < 1.29 is 26.3 Å². The number of nitrogens with zero attached hydrogens (tertiary/aromatic N) is 3. The Kier molecular flexibility index (Phi) is 9.21. The van der Waals surface area contributed by atoms with E-state index in [1.54, 1.807) is 19.1 Å². The second-order valence-electron chi connectivity index (χ2n) is 9.16. The number of aryl methyl sites for hydroxylation is 1. The van der Waals surface area contributed by atoms with Gasteiger partial charge in [-0.2, -0.15) is 26.3 Å². The summed E-state index contributed by atoms with van der Waals surface area (Å²) < 4.78 is 74.5. The topological polar surface area (TPSA) is 29.0 Å². The summed E-state index contributed by atoms with van der Waals surface area (Å²) in [5, 5.41) is 0. The van der Waals surface area contributed by atoms with Crippen molar-refractivity contribution in [2.75, 3.05) is 4.90 Å². The average Bonchev–Trinajstić information content (AvgIpc) is 3.69. The lowest BCUT2D eigenvalue weighted by atomic mass is 10.0. The van der Waals surface area contributed by atoms with E-state index in [2.05, 4.69) is 34.8 Å². The first kappa shape index (κ1) is 28.5. The van der Waals surface area contributed by atoms with Crippen LogP contribution in [0.3, 0.4) is 0 Å². The fraction of sp³-hybridized carbons (Fsp3) is 0.429. The molecule has 1 aliphatic rings. The Morgan fingerprint density at radius 3 is 1.97 bits per heavy atom. The van der Waals surface area contributed by atoms with Crippen molar-refractivity contribution in [3.05, 3.63) is 83.4 Å². The van der Waals surface area contributed by atoms with E-state index in [9.17, 15) is 26.3 Å². The molecule has 0 radical (unpaired) electrons. The zero-order valence-electron chi connectivity index (χ0n) is 21.1. The lowest BCUT2D eigenvalue weighted by Gasteiger charge is -2.34. The molecule has 200 valence electrons. The van der Waals surface area contributed by atoms with Gasteiger partial charge in [-0.25, -0.2) is 0 Å². The van der Waals surface area contributed by atoms with E-state index in [1.807, 2.05) is 12.4 Å². The minimum Gasteiger partial charge on any atom is -0.337 e. The van der Waals surface area contributed by atoms with Gasteiger partial charge in [-0.15, -0.1) is 0 Å². The number of hydrogen-bond acceptors (Lipinski definition) is 3. The molecule has 0 spiro atoms. The molecule has 0 bridgehead atoms. The number of hydrogen-bond donors (Lipinski definition) is 0. The molecular weight excluding hydrogens is 492 g/mol. The van der Waals surface area contributed by atoms with Crippen molar-refractivity contribution in [3.63, 3.8) is 0 Å². The molecule has 1 saturated carbocycles. The van der Waals surface area contributed by atoms with Gasteiger partial charge in [0.05, 0.1) is 23.0 Å². The fourth-order valence-corrected chi connectivity index (χ4v) is 4.18. The largest absolute Gasteiger partial charge is 0.417 e. The molecule has 0 amide bonds. The van der Waals surface area contributed by atoms with Gasteiger partial charge in [-0.1, -0.05) is 20.3 Å². The Labute approximate surface area is 213 Å². The van der Waals surface area contributed by atoms with E-state index in [0.29, 0.717) is 11.6 Å². The van der Waals surface area contributed by atoms with Gasteiger partial charge in [0.15, 0.2) is 0 Å². The van der Waals surface area contributed by atoms with Crippen LogP contribution in [0, 0.1) is 6.92 Å². The molecule has 0 aliphatic heterocycles. The molecule has 9 heteroatoms. The number of rotatable bonds is 7. The summed E-state index contributed by atoms with van der Waals surface area (Å²) in [6.07, 6.45) is 1.18. The normalized spacial score (nSPS) is 14.5. The molecule has 1 unspecified atom stereocenters. The standard InChI is InChI=1S/C21H25F3N2.C7H6F3N/c1-3-5-17(4-2)26(18-10-8-16(9-11-18)21(22,23)24)20-14-25-13-12-19(20)15-6-7-15;1-5-2-3-6(4-11-5)7(8,9)10/h8-15,17H,3-7H2,1-2H3;2-4H,1H3. The quantitative estimate of drug-likeness (QED) is 0.289. The maximum absolute atomic E-state index is 12.9. The van der Waals surface area contributed by atoms with Crippen LogP contribution in [0.5, 0.6) is 0 Å². The third kappa shape index (κ3) is 7.69. The number of benzene rings is 1. The zero-order chi connectivity index (χ0) is 27.2. The van der Waals surface area contributed by atoms with Crippen LogP contribution in [0.2, 0.25) is 0 Å². The monoisotopic (exact) mass is 523 g/mol. The Bertz CT molecular complexity index is 1120. The molecule has 2 heterocycles. The molecule has 1 aliphatic carbocycles. The van der Waals surface area contributed by atoms with Crippen LogP contribution in [0.4, 0.5) is 37.7 Å². The minimum absolute atomic E-state index is 0.235. The Morgan fingerprint density at radius 2 is 1.49 bits per heavy atom. The number of pyridine rings is 2. The molecule has 3 nitrogen and oxygen atoms in total. The number of alkyl halides is 6. The lowest BCUT2D eigenvalue weighted by molar-refractivity contribution is -0.138. The highest BCUT2D eigenvalue weighted by atomic mass is 19.4. The van der Waals surface area contributed by atoms with Gasteiger partial charge in [0.1, 0.15) is 0 Å². The SMILES string of the molecule is CCCC(CC)N(c1ccc(C(F)(F)F)cc1)c1cnccc1C1CC1.Cc1ccc(C(F)(F)F)cn1. The average molecular weight is 524 g/mol. The summed E-state index contributed by atoms with van der Waals surface area (Å²) in [4.78, 5) is 10.0. The van der Waals surface area contributed by atoms with Crippen molar-refractivity contribution in [1.82, 2.24) is 9.97 Å². The molecule has 1 atom stereocenters. The summed E-state index contributed by atoms with van der Waals surface area (Å²) in [5.74, 6) is 0.545. The molecule has 4 rings (SSSR count). The predicted octanol–water partition coefficient (Wildman–Crippen LogP) is 9.10. The van der Waals surface area contributed by atoms with Gasteiger partial charge in [0.25, 0.3) is 0 Å². The van der Waals surface area contributed by atoms with Gasteiger partial charge >= 0.3 is 12.4 Å². The van der Waals surface area contributed by atoms with Crippen molar-refractivity contribution in [1.29, 1.82) is 0 Å². The van der Waals surface area contributed by atoms with Crippen LogP contribution >= 0.6 is 0 Å². The smallest absolute Gasteiger partial charge is 0.337 e. The Balaban J connectivity index is 0.000000289. The van der Waals surface area contributed by atoms with Crippen molar-refractivity contribution >= 4 is 11.4 Å². The zero-order valence-corrected chi connectivity index (χ0v) is 21.1. The first-order valence-electron chi connectivity index (χ1n) is 12.4. The second kappa shape index (κ2) is 12.0. The highest BCUT2D eigenvalue weighted by molar-refractivity contribution is 5.68. The van der Waals surface area contributed by atoms with Crippen LogP contribution in [0.25, 0.3) is 0 Å². The maximum Gasteiger partial charge on any atom is 0.417 e. The van der Waals surface area contributed by atoms with E-state index < -0.39 is 23.5 Å². The fourth-order valence-electron chi connectivity index (χ4n) is 4.18. The summed E-state index contributed by atoms with van der Waals surface area (Å²) in [5.41, 5.74) is 2.36. The van der Waals surface area contributed by atoms with Crippen LogP contribution < -0.4 is 4.90 Å². The molecule has 0 saturated heterocycles. The Morgan fingerprint density at radius 1 is 0.865 bits per heavy atom. The molecule has 1 aromatic carbocycles. The maximum atomic E-state index is 12.9. The van der Waals surface area contributed by atoms with Crippen molar-refractivity contribution in [3.8, 4) is 0 Å². The van der Waals surface area contributed by atoms with E-state index in [0.717, 1.165) is 42.9 Å². The molecule has 3 aromatic rings. The van der Waals surface area contributed by atoms with Crippen LogP contribution in [0.15, 0.2) is 61.1 Å². The molecule has 37 heavy (non-hydrogen) atoms. The summed E-state index contributed by atoms with van der Waals surface area (Å²) in [6.45, 7) is 5.91. The van der Waals surface area contributed by atoms with Crippen LogP contribution in [-0.4, -0.2) is 16.0 Å². The van der Waals surface area contributed by atoms with Crippen LogP contribution in [0.1, 0.15) is 74.3 Å². The van der Waals surface area contributed by atoms with Crippen LogP contribution in [-0.2, 0) is 12.4 Å².